The highest BCUT2D eigenvalue weighted by Gasteiger charge is 2.04. The topological polar surface area (TPSA) is 45.0 Å². The van der Waals surface area contributed by atoms with Crippen LogP contribution in [0.15, 0.2) is 36.4 Å². The first-order valence-electron chi connectivity index (χ1n) is 6.60. The molecule has 0 aliphatic rings. The van der Waals surface area contributed by atoms with Crippen molar-refractivity contribution < 1.29 is 4.74 Å². The first-order chi connectivity index (χ1) is 9.36. The van der Waals surface area contributed by atoms with E-state index in [9.17, 15) is 0 Å². The van der Waals surface area contributed by atoms with E-state index in [0.29, 0.717) is 0 Å². The maximum absolute atomic E-state index is 9.11. The minimum Gasteiger partial charge on any atom is -0.384 e. The van der Waals surface area contributed by atoms with Crippen molar-refractivity contribution in [3.63, 3.8) is 0 Å². The van der Waals surface area contributed by atoms with Gasteiger partial charge in [-0.05, 0) is 25.5 Å². The molecule has 0 amide bonds. The van der Waals surface area contributed by atoms with Crippen LogP contribution in [-0.4, -0.2) is 19.8 Å². The summed E-state index contributed by atoms with van der Waals surface area (Å²) in [6.45, 7) is 4.41. The summed E-state index contributed by atoms with van der Waals surface area (Å²) in [6, 6.07) is 14.1. The Balaban J connectivity index is 2.14. The summed E-state index contributed by atoms with van der Waals surface area (Å²) in [5.41, 5.74) is 1.79. The minimum absolute atomic E-state index is 0.718. The van der Waals surface area contributed by atoms with Gasteiger partial charge in [-0.25, -0.2) is 0 Å². The minimum atomic E-state index is 0.718. The molecule has 0 aliphatic heterocycles. The molecule has 0 heterocycles. The summed E-state index contributed by atoms with van der Waals surface area (Å²) >= 11 is 0. The lowest BCUT2D eigenvalue weighted by molar-refractivity contribution is 0.147. The van der Waals surface area contributed by atoms with Crippen molar-refractivity contribution >= 4 is 16.5 Å². The molecule has 98 valence electrons. The summed E-state index contributed by atoms with van der Waals surface area (Å²) in [6.07, 6.45) is 0.974. The van der Waals surface area contributed by atoms with Gasteiger partial charge < -0.3 is 10.1 Å². The van der Waals surface area contributed by atoms with Crippen molar-refractivity contribution in [2.24, 2.45) is 0 Å². The van der Waals surface area contributed by atoms with Gasteiger partial charge in [-0.3, -0.25) is 0 Å². The molecule has 0 unspecified atom stereocenters. The van der Waals surface area contributed by atoms with Crippen LogP contribution in [0, 0.1) is 11.3 Å². The largest absolute Gasteiger partial charge is 0.384 e. The zero-order chi connectivity index (χ0) is 13.5. The Kier molecular flexibility index (Phi) is 4.77. The molecular formula is C16H18N2O. The summed E-state index contributed by atoms with van der Waals surface area (Å²) in [5.74, 6) is 0. The molecule has 3 heteroatoms. The highest BCUT2D eigenvalue weighted by molar-refractivity contribution is 5.97. The Morgan fingerprint density at radius 1 is 1.16 bits per heavy atom. The third kappa shape index (κ3) is 3.24. The van der Waals surface area contributed by atoms with E-state index in [4.69, 9.17) is 10.00 Å². The van der Waals surface area contributed by atoms with Crippen LogP contribution in [-0.2, 0) is 4.74 Å². The van der Waals surface area contributed by atoms with Crippen molar-refractivity contribution in [1.29, 1.82) is 5.26 Å². The zero-order valence-corrected chi connectivity index (χ0v) is 11.1. The molecule has 2 aromatic carbocycles. The van der Waals surface area contributed by atoms with Crippen molar-refractivity contribution in [2.75, 3.05) is 25.1 Å². The number of nitrogens with zero attached hydrogens (tertiary/aromatic N) is 1. The second-order valence-corrected chi connectivity index (χ2v) is 4.30. The molecule has 3 nitrogen and oxygen atoms in total. The molecule has 0 radical (unpaired) electrons. The number of fused-ring (bicyclic) bond motifs is 1. The summed E-state index contributed by atoms with van der Waals surface area (Å²) in [5, 5.41) is 14.6. The van der Waals surface area contributed by atoms with Gasteiger partial charge in [0.2, 0.25) is 0 Å². The molecule has 2 rings (SSSR count). The van der Waals surface area contributed by atoms with E-state index in [1.165, 1.54) is 0 Å². The SMILES string of the molecule is CCOCCCNc1ccc(C#N)c2ccccc12. The number of rotatable bonds is 6. The summed E-state index contributed by atoms with van der Waals surface area (Å²) < 4.78 is 5.31. The maximum Gasteiger partial charge on any atom is 0.0998 e. The number of anilines is 1. The van der Waals surface area contributed by atoms with Crippen LogP contribution < -0.4 is 5.32 Å². The van der Waals surface area contributed by atoms with Gasteiger partial charge in [0.25, 0.3) is 0 Å². The van der Waals surface area contributed by atoms with Gasteiger partial charge in [-0.1, -0.05) is 24.3 Å². The van der Waals surface area contributed by atoms with Crippen LogP contribution in [0.3, 0.4) is 0 Å². The molecule has 0 spiro atoms. The molecule has 0 aliphatic carbocycles. The fourth-order valence-electron chi connectivity index (χ4n) is 2.09. The fourth-order valence-corrected chi connectivity index (χ4v) is 2.09. The average Bonchev–Trinajstić information content (AvgIpc) is 2.47. The van der Waals surface area contributed by atoms with E-state index < -0.39 is 0 Å². The Morgan fingerprint density at radius 3 is 2.68 bits per heavy atom. The fraction of sp³-hybridized carbons (Fsp3) is 0.312. The van der Waals surface area contributed by atoms with Crippen molar-refractivity contribution in [2.45, 2.75) is 13.3 Å². The number of ether oxygens (including phenoxy) is 1. The first-order valence-corrected chi connectivity index (χ1v) is 6.60. The Morgan fingerprint density at radius 2 is 1.95 bits per heavy atom. The predicted octanol–water partition coefficient (Wildman–Crippen LogP) is 3.55. The predicted molar refractivity (Wildman–Crippen MR) is 78.3 cm³/mol. The Bertz CT molecular complexity index is 587. The van der Waals surface area contributed by atoms with Gasteiger partial charge >= 0.3 is 0 Å². The number of nitriles is 1. The van der Waals surface area contributed by atoms with E-state index >= 15 is 0 Å². The van der Waals surface area contributed by atoms with Crippen molar-refractivity contribution in [3.8, 4) is 6.07 Å². The van der Waals surface area contributed by atoms with Gasteiger partial charge in [0, 0.05) is 36.2 Å². The van der Waals surface area contributed by atoms with E-state index in [0.717, 1.165) is 48.2 Å². The molecule has 0 fully saturated rings. The molecule has 19 heavy (non-hydrogen) atoms. The molecule has 0 saturated carbocycles. The number of benzene rings is 2. The highest BCUT2D eigenvalue weighted by atomic mass is 16.5. The van der Waals surface area contributed by atoms with Crippen molar-refractivity contribution in [1.82, 2.24) is 0 Å². The van der Waals surface area contributed by atoms with Crippen LogP contribution in [0.5, 0.6) is 0 Å². The van der Waals surface area contributed by atoms with Crippen molar-refractivity contribution in [3.05, 3.63) is 42.0 Å². The second kappa shape index (κ2) is 6.77. The first kappa shape index (κ1) is 13.4. The normalized spacial score (nSPS) is 10.3. The molecule has 0 saturated heterocycles. The van der Waals surface area contributed by atoms with Gasteiger partial charge in [0.1, 0.15) is 0 Å². The monoisotopic (exact) mass is 254 g/mol. The molecule has 2 aromatic rings. The van der Waals surface area contributed by atoms with E-state index in [1.807, 2.05) is 43.3 Å². The zero-order valence-electron chi connectivity index (χ0n) is 11.1. The summed E-state index contributed by atoms with van der Waals surface area (Å²) in [7, 11) is 0. The lowest BCUT2D eigenvalue weighted by Crippen LogP contribution is -2.06. The molecule has 0 aromatic heterocycles. The van der Waals surface area contributed by atoms with E-state index in [2.05, 4.69) is 11.4 Å². The van der Waals surface area contributed by atoms with Crippen LogP contribution in [0.25, 0.3) is 10.8 Å². The van der Waals surface area contributed by atoms with Gasteiger partial charge in [0.15, 0.2) is 0 Å². The van der Waals surface area contributed by atoms with Crippen LogP contribution in [0.1, 0.15) is 18.9 Å². The number of hydrogen-bond donors (Lipinski definition) is 1. The standard InChI is InChI=1S/C16H18N2O/c1-2-19-11-5-10-18-16-9-8-13(12-17)14-6-3-4-7-15(14)16/h3-4,6-9,18H,2,5,10-11H2,1H3. The van der Waals surface area contributed by atoms with E-state index in [1.54, 1.807) is 0 Å². The van der Waals surface area contributed by atoms with Crippen LogP contribution >= 0.6 is 0 Å². The van der Waals surface area contributed by atoms with Crippen LogP contribution in [0.2, 0.25) is 0 Å². The van der Waals surface area contributed by atoms with Gasteiger partial charge in [0.05, 0.1) is 11.6 Å². The Hall–Kier alpha value is -2.05. The van der Waals surface area contributed by atoms with Gasteiger partial charge in [-0.15, -0.1) is 0 Å². The average molecular weight is 254 g/mol. The smallest absolute Gasteiger partial charge is 0.0998 e. The quantitative estimate of drug-likeness (QED) is 0.802. The lowest BCUT2D eigenvalue weighted by Gasteiger charge is -2.10. The summed E-state index contributed by atoms with van der Waals surface area (Å²) in [4.78, 5) is 0. The van der Waals surface area contributed by atoms with Gasteiger partial charge in [-0.2, -0.15) is 5.26 Å². The third-order valence-corrected chi connectivity index (χ3v) is 3.03. The maximum atomic E-state index is 9.11. The second-order valence-electron chi connectivity index (χ2n) is 4.30. The Labute approximate surface area is 113 Å². The number of nitrogens with one attached hydrogen (secondary N) is 1. The molecule has 0 atom stereocenters. The number of hydrogen-bond acceptors (Lipinski definition) is 3. The van der Waals surface area contributed by atoms with E-state index in [-0.39, 0.29) is 0 Å². The molecule has 0 bridgehead atoms. The third-order valence-electron chi connectivity index (χ3n) is 3.03. The van der Waals surface area contributed by atoms with Crippen LogP contribution in [0.4, 0.5) is 5.69 Å². The molecular weight excluding hydrogens is 236 g/mol. The molecule has 1 N–H and O–H groups in total. The lowest BCUT2D eigenvalue weighted by atomic mass is 10.0. The highest BCUT2D eigenvalue weighted by Crippen LogP contribution is 2.26.